The number of hydrazine groups is 1. The largest absolute Gasteiger partial charge is 0.494 e. The molecule has 0 spiro atoms. The highest BCUT2D eigenvalue weighted by Crippen LogP contribution is 2.19. The predicted octanol–water partition coefficient (Wildman–Crippen LogP) is 2.76. The summed E-state index contributed by atoms with van der Waals surface area (Å²) in [5.41, 5.74) is 4.53. The molecule has 8 heteroatoms. The SMILES string of the molecule is CCOc1ccc(C(=O)NNC(=O)c2ccccc2OC(F)F)cc1. The number of rotatable bonds is 6. The highest BCUT2D eigenvalue weighted by atomic mass is 19.3. The van der Waals surface area contributed by atoms with Gasteiger partial charge in [-0.1, -0.05) is 12.1 Å². The first-order valence-corrected chi connectivity index (χ1v) is 7.38. The van der Waals surface area contributed by atoms with Gasteiger partial charge in [0, 0.05) is 5.56 Å². The molecule has 2 aromatic rings. The minimum Gasteiger partial charge on any atom is -0.494 e. The first kappa shape index (κ1) is 18.2. The molecule has 0 bridgehead atoms. The van der Waals surface area contributed by atoms with E-state index in [4.69, 9.17) is 4.74 Å². The van der Waals surface area contributed by atoms with E-state index in [0.717, 1.165) is 0 Å². The van der Waals surface area contributed by atoms with E-state index in [9.17, 15) is 18.4 Å². The van der Waals surface area contributed by atoms with Crippen LogP contribution in [0.4, 0.5) is 8.78 Å². The first-order chi connectivity index (χ1) is 12.0. The Hall–Kier alpha value is -3.16. The number of carbonyl (C=O) groups is 2. The van der Waals surface area contributed by atoms with Gasteiger partial charge in [-0.25, -0.2) is 0 Å². The molecule has 25 heavy (non-hydrogen) atoms. The number of nitrogens with one attached hydrogen (secondary N) is 2. The van der Waals surface area contributed by atoms with Crippen LogP contribution in [-0.4, -0.2) is 25.0 Å². The Morgan fingerprint density at radius 3 is 2.28 bits per heavy atom. The van der Waals surface area contributed by atoms with Gasteiger partial charge in [0.25, 0.3) is 11.8 Å². The number of benzene rings is 2. The fourth-order valence-corrected chi connectivity index (χ4v) is 1.98. The van der Waals surface area contributed by atoms with Gasteiger partial charge in [-0.2, -0.15) is 8.78 Å². The van der Waals surface area contributed by atoms with Crippen molar-refractivity contribution in [1.82, 2.24) is 10.9 Å². The van der Waals surface area contributed by atoms with Gasteiger partial charge in [-0.05, 0) is 43.3 Å². The highest BCUT2D eigenvalue weighted by Gasteiger charge is 2.16. The van der Waals surface area contributed by atoms with Crippen LogP contribution in [0.3, 0.4) is 0 Å². The molecule has 0 aliphatic carbocycles. The van der Waals surface area contributed by atoms with Crippen LogP contribution in [0, 0.1) is 0 Å². The zero-order valence-electron chi connectivity index (χ0n) is 13.3. The maximum Gasteiger partial charge on any atom is 0.387 e. The van der Waals surface area contributed by atoms with Crippen molar-refractivity contribution in [2.24, 2.45) is 0 Å². The summed E-state index contributed by atoms with van der Waals surface area (Å²) in [5, 5.41) is 0. The highest BCUT2D eigenvalue weighted by molar-refractivity contribution is 6.00. The van der Waals surface area contributed by atoms with Crippen molar-refractivity contribution in [3.63, 3.8) is 0 Å². The van der Waals surface area contributed by atoms with Crippen LogP contribution < -0.4 is 20.3 Å². The van der Waals surface area contributed by atoms with Gasteiger partial charge in [0.15, 0.2) is 0 Å². The molecule has 0 saturated carbocycles. The van der Waals surface area contributed by atoms with E-state index in [2.05, 4.69) is 15.6 Å². The van der Waals surface area contributed by atoms with Gasteiger partial charge in [-0.15, -0.1) is 0 Å². The molecule has 0 saturated heterocycles. The second kappa shape index (κ2) is 8.62. The summed E-state index contributed by atoms with van der Waals surface area (Å²) in [6.07, 6.45) is 0. The van der Waals surface area contributed by atoms with Crippen LogP contribution in [-0.2, 0) is 0 Å². The Balaban J connectivity index is 1.98. The van der Waals surface area contributed by atoms with Crippen LogP contribution in [0.1, 0.15) is 27.6 Å². The van der Waals surface area contributed by atoms with E-state index in [1.165, 1.54) is 36.4 Å². The second-order valence-corrected chi connectivity index (χ2v) is 4.74. The third-order valence-corrected chi connectivity index (χ3v) is 3.06. The van der Waals surface area contributed by atoms with Crippen molar-refractivity contribution < 1.29 is 27.8 Å². The number of carbonyl (C=O) groups excluding carboxylic acids is 2. The lowest BCUT2D eigenvalue weighted by Crippen LogP contribution is -2.41. The molecule has 2 amide bonds. The van der Waals surface area contributed by atoms with Crippen molar-refractivity contribution in [1.29, 1.82) is 0 Å². The quantitative estimate of drug-likeness (QED) is 0.786. The molecule has 2 aromatic carbocycles. The van der Waals surface area contributed by atoms with Crippen molar-refractivity contribution in [3.8, 4) is 11.5 Å². The fraction of sp³-hybridized carbons (Fsp3) is 0.176. The zero-order valence-corrected chi connectivity index (χ0v) is 13.3. The Morgan fingerprint density at radius 1 is 1.00 bits per heavy atom. The average molecular weight is 350 g/mol. The number of ether oxygens (including phenoxy) is 2. The molecule has 0 heterocycles. The minimum absolute atomic E-state index is 0.130. The van der Waals surface area contributed by atoms with Gasteiger partial charge in [-0.3, -0.25) is 20.4 Å². The Kier molecular flexibility index (Phi) is 6.27. The summed E-state index contributed by atoms with van der Waals surface area (Å²) in [7, 11) is 0. The van der Waals surface area contributed by atoms with E-state index < -0.39 is 18.4 Å². The molecule has 2 N–H and O–H groups in total. The standard InChI is InChI=1S/C17H16F2N2O4/c1-2-24-12-9-7-11(8-10-12)15(22)20-21-16(23)13-5-3-4-6-14(13)25-17(18)19/h3-10,17H,2H2,1H3,(H,20,22)(H,21,23). The summed E-state index contributed by atoms with van der Waals surface area (Å²) < 4.78 is 34.2. The maximum atomic E-state index is 12.4. The van der Waals surface area contributed by atoms with Crippen molar-refractivity contribution >= 4 is 11.8 Å². The topological polar surface area (TPSA) is 76.7 Å². The fourth-order valence-electron chi connectivity index (χ4n) is 1.98. The third-order valence-electron chi connectivity index (χ3n) is 3.06. The van der Waals surface area contributed by atoms with Gasteiger partial charge in [0.2, 0.25) is 0 Å². The van der Waals surface area contributed by atoms with Crippen LogP contribution >= 0.6 is 0 Å². The molecule has 0 aliphatic heterocycles. The van der Waals surface area contributed by atoms with E-state index >= 15 is 0 Å². The molecule has 0 aliphatic rings. The molecule has 0 radical (unpaired) electrons. The van der Waals surface area contributed by atoms with Crippen molar-refractivity contribution in [2.75, 3.05) is 6.61 Å². The summed E-state index contributed by atoms with van der Waals surface area (Å²) in [5.74, 6) is -1.02. The molecule has 0 unspecified atom stereocenters. The third kappa shape index (κ3) is 5.17. The van der Waals surface area contributed by atoms with Crippen LogP contribution in [0.25, 0.3) is 0 Å². The second-order valence-electron chi connectivity index (χ2n) is 4.74. The molecule has 0 fully saturated rings. The number of halogens is 2. The van der Waals surface area contributed by atoms with E-state index in [1.807, 2.05) is 6.92 Å². The Labute approximate surface area is 142 Å². The average Bonchev–Trinajstić information content (AvgIpc) is 2.60. The number of alkyl halides is 2. The summed E-state index contributed by atoms with van der Waals surface area (Å²) in [6.45, 7) is -0.722. The smallest absolute Gasteiger partial charge is 0.387 e. The van der Waals surface area contributed by atoms with Gasteiger partial charge < -0.3 is 9.47 Å². The molecule has 132 valence electrons. The van der Waals surface area contributed by atoms with E-state index in [-0.39, 0.29) is 11.3 Å². The lowest BCUT2D eigenvalue weighted by atomic mass is 10.2. The molecule has 6 nitrogen and oxygen atoms in total. The summed E-state index contributed by atoms with van der Waals surface area (Å²) in [4.78, 5) is 24.0. The normalized spacial score (nSPS) is 10.2. The molecule has 2 rings (SSSR count). The number of hydrogen-bond donors (Lipinski definition) is 2. The monoisotopic (exact) mass is 350 g/mol. The minimum atomic E-state index is -3.06. The molecule has 0 atom stereocenters. The van der Waals surface area contributed by atoms with Crippen LogP contribution in [0.2, 0.25) is 0 Å². The van der Waals surface area contributed by atoms with Crippen LogP contribution in [0.15, 0.2) is 48.5 Å². The lowest BCUT2D eigenvalue weighted by Gasteiger charge is -2.11. The molecular weight excluding hydrogens is 334 g/mol. The van der Waals surface area contributed by atoms with Gasteiger partial charge in [0.05, 0.1) is 12.2 Å². The number of para-hydroxylation sites is 1. The first-order valence-electron chi connectivity index (χ1n) is 7.38. The maximum absolute atomic E-state index is 12.4. The van der Waals surface area contributed by atoms with E-state index in [0.29, 0.717) is 17.9 Å². The predicted molar refractivity (Wildman–Crippen MR) is 85.6 cm³/mol. The zero-order chi connectivity index (χ0) is 18.2. The Morgan fingerprint density at radius 2 is 1.64 bits per heavy atom. The Bertz CT molecular complexity index is 736. The van der Waals surface area contributed by atoms with Crippen LogP contribution in [0.5, 0.6) is 11.5 Å². The number of hydrogen-bond acceptors (Lipinski definition) is 4. The summed E-state index contributed by atoms with van der Waals surface area (Å²) in [6, 6.07) is 11.8. The number of amides is 2. The van der Waals surface area contributed by atoms with E-state index in [1.54, 1.807) is 12.1 Å². The summed E-state index contributed by atoms with van der Waals surface area (Å²) >= 11 is 0. The van der Waals surface area contributed by atoms with Gasteiger partial charge >= 0.3 is 6.61 Å². The van der Waals surface area contributed by atoms with Crippen molar-refractivity contribution in [2.45, 2.75) is 13.5 Å². The van der Waals surface area contributed by atoms with Crippen molar-refractivity contribution in [3.05, 3.63) is 59.7 Å². The van der Waals surface area contributed by atoms with Gasteiger partial charge in [0.1, 0.15) is 11.5 Å². The lowest BCUT2D eigenvalue weighted by molar-refractivity contribution is -0.0501. The molecular formula is C17H16F2N2O4. The molecule has 0 aromatic heterocycles.